The maximum absolute atomic E-state index is 12.7. The van der Waals surface area contributed by atoms with E-state index in [1.54, 1.807) is 30.5 Å². The van der Waals surface area contributed by atoms with E-state index in [-0.39, 0.29) is 22.5 Å². The zero-order valence-corrected chi connectivity index (χ0v) is 19.1. The Morgan fingerprint density at radius 2 is 1.81 bits per heavy atom. The molecule has 32 heavy (non-hydrogen) atoms. The van der Waals surface area contributed by atoms with Crippen LogP contribution in [0.25, 0.3) is 0 Å². The van der Waals surface area contributed by atoms with E-state index in [1.807, 2.05) is 4.90 Å². The van der Waals surface area contributed by atoms with Gasteiger partial charge in [-0.05, 0) is 24.3 Å². The molecule has 172 valence electrons. The maximum atomic E-state index is 12.7. The molecule has 2 aromatic rings. The Bertz CT molecular complexity index is 1040. The van der Waals surface area contributed by atoms with E-state index in [0.717, 1.165) is 5.82 Å². The predicted molar refractivity (Wildman–Crippen MR) is 120 cm³/mol. The number of hydrogen-bond donors (Lipinski definition) is 1. The molecule has 0 bridgehead atoms. The van der Waals surface area contributed by atoms with Gasteiger partial charge in [0, 0.05) is 51.7 Å². The minimum absolute atomic E-state index is 0.149. The quantitative estimate of drug-likeness (QED) is 0.608. The number of halogens is 1. The van der Waals surface area contributed by atoms with Crippen LogP contribution in [-0.2, 0) is 19.6 Å². The lowest BCUT2D eigenvalue weighted by Crippen LogP contribution is -2.49. The van der Waals surface area contributed by atoms with Gasteiger partial charge in [-0.15, -0.1) is 0 Å². The number of carbonyl (C=O) groups excluding carboxylic acids is 1. The molecule has 1 amide bonds. The molecule has 2 aromatic heterocycles. The van der Waals surface area contributed by atoms with Crippen molar-refractivity contribution in [2.24, 2.45) is 0 Å². The molecule has 2 fully saturated rings. The zero-order chi connectivity index (χ0) is 22.6. The lowest BCUT2D eigenvalue weighted by molar-refractivity contribution is -0.117. The molecule has 4 rings (SSSR count). The molecule has 2 saturated heterocycles. The first-order valence-corrected chi connectivity index (χ1v) is 12.2. The van der Waals surface area contributed by atoms with Crippen LogP contribution in [0.1, 0.15) is 0 Å². The number of hydrogen-bond acceptors (Lipinski definition) is 8. The van der Waals surface area contributed by atoms with Crippen LogP contribution in [-0.4, -0.2) is 92.5 Å². The largest absolute Gasteiger partial charge is 0.379 e. The Morgan fingerprint density at radius 1 is 1.06 bits per heavy atom. The molecular formula is C20H25ClN6O4S. The van der Waals surface area contributed by atoms with E-state index in [4.69, 9.17) is 16.3 Å². The predicted octanol–water partition coefficient (Wildman–Crippen LogP) is 0.912. The fourth-order valence-corrected chi connectivity index (χ4v) is 5.18. The van der Waals surface area contributed by atoms with Crippen molar-refractivity contribution in [2.45, 2.75) is 4.90 Å². The molecule has 0 atom stereocenters. The Kier molecular flexibility index (Phi) is 7.21. The van der Waals surface area contributed by atoms with Crippen LogP contribution < -0.4 is 10.2 Å². The van der Waals surface area contributed by atoms with Gasteiger partial charge in [0.1, 0.15) is 10.7 Å². The van der Waals surface area contributed by atoms with Crippen molar-refractivity contribution in [3.63, 3.8) is 0 Å². The normalized spacial score (nSPS) is 18.5. The summed E-state index contributed by atoms with van der Waals surface area (Å²) in [5, 5.41) is 3.04. The van der Waals surface area contributed by atoms with E-state index in [0.29, 0.717) is 58.2 Å². The van der Waals surface area contributed by atoms with E-state index in [2.05, 4.69) is 20.2 Å². The second kappa shape index (κ2) is 10.1. The number of nitrogens with one attached hydrogen (secondary N) is 1. The Balaban J connectivity index is 1.29. The third kappa shape index (κ3) is 5.36. The van der Waals surface area contributed by atoms with Gasteiger partial charge < -0.3 is 15.0 Å². The molecule has 0 spiro atoms. The Labute approximate surface area is 192 Å². The number of carbonyl (C=O) groups is 1. The third-order valence-electron chi connectivity index (χ3n) is 5.43. The van der Waals surface area contributed by atoms with Crippen LogP contribution in [0.3, 0.4) is 0 Å². The van der Waals surface area contributed by atoms with Gasteiger partial charge in [-0.2, -0.15) is 4.31 Å². The van der Waals surface area contributed by atoms with Crippen LogP contribution in [0.15, 0.2) is 41.6 Å². The van der Waals surface area contributed by atoms with E-state index in [9.17, 15) is 13.2 Å². The van der Waals surface area contributed by atoms with Crippen molar-refractivity contribution in [1.82, 2.24) is 19.2 Å². The van der Waals surface area contributed by atoms with Gasteiger partial charge in [0.2, 0.25) is 15.9 Å². The van der Waals surface area contributed by atoms with Crippen LogP contribution in [0, 0.1) is 0 Å². The summed E-state index contributed by atoms with van der Waals surface area (Å²) in [6, 6.07) is 6.76. The summed E-state index contributed by atoms with van der Waals surface area (Å²) in [6.07, 6.45) is 2.98. The SMILES string of the molecule is O=C(CN1CCN(c2ccc(S(=O)(=O)N3CCOCC3)cn2)CC1)Nc1cccnc1Cl. The number of ether oxygens (including phenoxy) is 1. The number of piperazine rings is 1. The minimum atomic E-state index is -3.55. The zero-order valence-electron chi connectivity index (χ0n) is 17.5. The average Bonchev–Trinajstić information content (AvgIpc) is 2.82. The van der Waals surface area contributed by atoms with Crippen molar-refractivity contribution in [3.05, 3.63) is 41.8 Å². The van der Waals surface area contributed by atoms with E-state index >= 15 is 0 Å². The molecule has 0 aliphatic carbocycles. The summed E-state index contributed by atoms with van der Waals surface area (Å²) in [7, 11) is -3.55. The molecule has 2 aliphatic rings. The van der Waals surface area contributed by atoms with Gasteiger partial charge in [-0.25, -0.2) is 18.4 Å². The van der Waals surface area contributed by atoms with Crippen molar-refractivity contribution in [2.75, 3.05) is 69.2 Å². The number of amides is 1. The van der Waals surface area contributed by atoms with Crippen LogP contribution in [0.2, 0.25) is 5.15 Å². The number of sulfonamides is 1. The summed E-state index contributed by atoms with van der Waals surface area (Å²) >= 11 is 5.98. The Morgan fingerprint density at radius 3 is 2.47 bits per heavy atom. The summed E-state index contributed by atoms with van der Waals surface area (Å²) in [6.45, 7) is 4.51. The molecule has 10 nitrogen and oxygen atoms in total. The first kappa shape index (κ1) is 22.9. The van der Waals surface area contributed by atoms with Crippen LogP contribution in [0.4, 0.5) is 11.5 Å². The highest BCUT2D eigenvalue weighted by atomic mass is 35.5. The lowest BCUT2D eigenvalue weighted by atomic mass is 10.3. The fraction of sp³-hybridized carbons (Fsp3) is 0.450. The van der Waals surface area contributed by atoms with E-state index in [1.165, 1.54) is 10.5 Å². The topological polar surface area (TPSA) is 108 Å². The smallest absolute Gasteiger partial charge is 0.244 e. The van der Waals surface area contributed by atoms with Crippen molar-refractivity contribution in [1.29, 1.82) is 0 Å². The van der Waals surface area contributed by atoms with Gasteiger partial charge in [0.25, 0.3) is 0 Å². The summed E-state index contributed by atoms with van der Waals surface area (Å²) in [5.41, 5.74) is 0.495. The first-order chi connectivity index (χ1) is 15.4. The highest BCUT2D eigenvalue weighted by Gasteiger charge is 2.27. The third-order valence-corrected chi connectivity index (χ3v) is 7.61. The Hall–Kier alpha value is -2.31. The molecule has 12 heteroatoms. The van der Waals surface area contributed by atoms with Crippen LogP contribution in [0.5, 0.6) is 0 Å². The summed E-state index contributed by atoms with van der Waals surface area (Å²) in [4.78, 5) is 25.0. The molecule has 0 saturated carbocycles. The number of rotatable bonds is 6. The molecule has 0 radical (unpaired) electrons. The molecule has 4 heterocycles. The summed E-state index contributed by atoms with van der Waals surface area (Å²) in [5.74, 6) is 0.571. The highest BCUT2D eigenvalue weighted by molar-refractivity contribution is 7.89. The van der Waals surface area contributed by atoms with Crippen molar-refractivity contribution >= 4 is 39.0 Å². The standard InChI is InChI=1S/C20H25ClN6O4S/c21-20-17(2-1-5-22-20)24-19(28)15-25-6-8-26(9-7-25)18-4-3-16(14-23-18)32(29,30)27-10-12-31-13-11-27/h1-5,14H,6-13,15H2,(H,24,28). The van der Waals surface area contributed by atoms with E-state index < -0.39 is 10.0 Å². The summed E-state index contributed by atoms with van der Waals surface area (Å²) < 4.78 is 32.1. The average molecular weight is 481 g/mol. The highest BCUT2D eigenvalue weighted by Crippen LogP contribution is 2.20. The van der Waals surface area contributed by atoms with Gasteiger partial charge in [-0.3, -0.25) is 9.69 Å². The van der Waals surface area contributed by atoms with Crippen molar-refractivity contribution < 1.29 is 17.9 Å². The second-order valence-corrected chi connectivity index (χ2v) is 9.82. The van der Waals surface area contributed by atoms with Crippen molar-refractivity contribution in [3.8, 4) is 0 Å². The molecule has 1 N–H and O–H groups in total. The maximum Gasteiger partial charge on any atom is 0.244 e. The number of aromatic nitrogens is 2. The molecule has 0 unspecified atom stereocenters. The number of pyridine rings is 2. The monoisotopic (exact) mass is 480 g/mol. The van der Waals surface area contributed by atoms with Gasteiger partial charge in [0.05, 0.1) is 25.4 Å². The lowest BCUT2D eigenvalue weighted by Gasteiger charge is -2.35. The van der Waals surface area contributed by atoms with Gasteiger partial charge in [0.15, 0.2) is 5.15 Å². The van der Waals surface area contributed by atoms with Crippen LogP contribution >= 0.6 is 11.6 Å². The van der Waals surface area contributed by atoms with Gasteiger partial charge >= 0.3 is 0 Å². The first-order valence-electron chi connectivity index (χ1n) is 10.3. The number of nitrogens with zero attached hydrogens (tertiary/aromatic N) is 5. The minimum Gasteiger partial charge on any atom is -0.379 e. The van der Waals surface area contributed by atoms with Gasteiger partial charge in [-0.1, -0.05) is 11.6 Å². The second-order valence-electron chi connectivity index (χ2n) is 7.52. The number of morpholine rings is 1. The molecular weight excluding hydrogens is 456 g/mol. The molecule has 2 aliphatic heterocycles. The molecule has 0 aromatic carbocycles. The fourth-order valence-electron chi connectivity index (χ4n) is 3.66. The number of anilines is 2.